The predicted molar refractivity (Wildman–Crippen MR) is 105 cm³/mol. The van der Waals surface area contributed by atoms with E-state index >= 15 is 0 Å². The fraction of sp³-hybridized carbons (Fsp3) is 0.217. The van der Waals surface area contributed by atoms with E-state index in [-0.39, 0.29) is 5.78 Å². The van der Waals surface area contributed by atoms with Crippen molar-refractivity contribution >= 4 is 5.78 Å². The average molecular weight is 344 g/mol. The predicted octanol–water partition coefficient (Wildman–Crippen LogP) is 4.40. The van der Waals surface area contributed by atoms with Crippen LogP contribution in [0.4, 0.5) is 0 Å². The van der Waals surface area contributed by atoms with Gasteiger partial charge in [0.25, 0.3) is 0 Å². The number of carbonyl (C=O) groups is 1. The highest BCUT2D eigenvalue weighted by atomic mass is 16.1. The minimum Gasteiger partial charge on any atom is -0.311 e. The highest BCUT2D eigenvalue weighted by Crippen LogP contribution is 2.31. The molecule has 0 saturated heterocycles. The van der Waals surface area contributed by atoms with Crippen LogP contribution in [0.1, 0.15) is 35.0 Å². The van der Waals surface area contributed by atoms with Crippen molar-refractivity contribution in [3.63, 3.8) is 0 Å². The molecule has 0 spiro atoms. The first-order chi connectivity index (χ1) is 12.7. The number of carbonyl (C=O) groups excluding carboxylic acids is 1. The molecule has 0 fully saturated rings. The number of Topliss-reactive ketones (excluding diaryl/α,β-unsaturated/α-hetero) is 1. The zero-order chi connectivity index (χ0) is 18.2. The molecule has 0 radical (unpaired) electrons. The van der Waals surface area contributed by atoms with Crippen LogP contribution in [0.15, 0.2) is 85.1 Å². The molecular weight excluding hydrogens is 320 g/mol. The molecule has 0 aliphatic heterocycles. The Morgan fingerprint density at radius 1 is 0.923 bits per heavy atom. The van der Waals surface area contributed by atoms with E-state index < -0.39 is 5.41 Å². The van der Waals surface area contributed by atoms with E-state index in [4.69, 9.17) is 0 Å². The molecule has 1 atom stereocenters. The van der Waals surface area contributed by atoms with Crippen LogP contribution in [0.25, 0.3) is 0 Å². The first kappa shape index (κ1) is 18.0. The maximum Gasteiger partial charge on any atom is 0.173 e. The summed E-state index contributed by atoms with van der Waals surface area (Å²) in [6, 6.07) is 25.5. The molecule has 3 nitrogen and oxygen atoms in total. The second-order valence-electron chi connectivity index (χ2n) is 6.64. The number of nitrogens with one attached hydrogen (secondary N) is 1. The minimum absolute atomic E-state index is 0.156. The van der Waals surface area contributed by atoms with E-state index in [1.54, 1.807) is 6.20 Å². The quantitative estimate of drug-likeness (QED) is 0.486. The van der Waals surface area contributed by atoms with Gasteiger partial charge >= 0.3 is 0 Å². The van der Waals surface area contributed by atoms with E-state index in [1.807, 2.05) is 85.8 Å². The smallest absolute Gasteiger partial charge is 0.173 e. The Labute approximate surface area is 155 Å². The van der Waals surface area contributed by atoms with Crippen LogP contribution in [-0.2, 0) is 12.0 Å². The lowest BCUT2D eigenvalue weighted by Gasteiger charge is -2.29. The summed E-state index contributed by atoms with van der Waals surface area (Å²) in [4.78, 5) is 17.6. The van der Waals surface area contributed by atoms with Crippen molar-refractivity contribution < 1.29 is 4.79 Å². The molecule has 3 aromatic rings. The zero-order valence-electron chi connectivity index (χ0n) is 15.1. The minimum atomic E-state index is -0.570. The van der Waals surface area contributed by atoms with Crippen molar-refractivity contribution in [3.05, 3.63) is 102 Å². The highest BCUT2D eigenvalue weighted by molar-refractivity contribution is 6.03. The Balaban J connectivity index is 1.74. The first-order valence-electron chi connectivity index (χ1n) is 8.96. The van der Waals surface area contributed by atoms with Gasteiger partial charge in [-0.15, -0.1) is 0 Å². The van der Waals surface area contributed by atoms with Gasteiger partial charge in [0.15, 0.2) is 5.78 Å². The molecule has 1 N–H and O–H groups in total. The largest absolute Gasteiger partial charge is 0.311 e. The zero-order valence-corrected chi connectivity index (χ0v) is 15.1. The Morgan fingerprint density at radius 3 is 2.23 bits per heavy atom. The van der Waals surface area contributed by atoms with Crippen molar-refractivity contribution in [2.45, 2.75) is 25.3 Å². The van der Waals surface area contributed by atoms with Gasteiger partial charge in [-0.25, -0.2) is 0 Å². The summed E-state index contributed by atoms with van der Waals surface area (Å²) >= 11 is 0. The number of nitrogens with zero attached hydrogens (tertiary/aromatic N) is 1. The van der Waals surface area contributed by atoms with Gasteiger partial charge in [0.05, 0.1) is 11.1 Å². The van der Waals surface area contributed by atoms with Crippen LogP contribution in [0.3, 0.4) is 0 Å². The van der Waals surface area contributed by atoms with Crippen LogP contribution >= 0.6 is 0 Å². The number of pyridine rings is 1. The highest BCUT2D eigenvalue weighted by Gasteiger charge is 2.35. The Bertz CT molecular complexity index is 819. The molecule has 3 heteroatoms. The summed E-state index contributed by atoms with van der Waals surface area (Å²) in [6.07, 6.45) is 2.52. The molecule has 132 valence electrons. The second-order valence-corrected chi connectivity index (χ2v) is 6.64. The van der Waals surface area contributed by atoms with E-state index in [0.29, 0.717) is 6.54 Å². The molecule has 0 bridgehead atoms. The fourth-order valence-corrected chi connectivity index (χ4v) is 3.16. The van der Waals surface area contributed by atoms with Crippen molar-refractivity contribution in [1.29, 1.82) is 0 Å². The number of hydrogen-bond donors (Lipinski definition) is 1. The molecule has 0 aliphatic carbocycles. The number of ketones is 1. The van der Waals surface area contributed by atoms with E-state index in [2.05, 4.69) is 10.3 Å². The van der Waals surface area contributed by atoms with E-state index in [9.17, 15) is 4.79 Å². The van der Waals surface area contributed by atoms with Gasteiger partial charge in [-0.1, -0.05) is 66.7 Å². The third kappa shape index (κ3) is 4.24. The van der Waals surface area contributed by atoms with Crippen molar-refractivity contribution in [3.8, 4) is 0 Å². The standard InChI is InChI=1S/C23H24N2O/c1-23(20-12-6-3-7-13-20,22(26)19-10-4-2-5-11-19)15-17-24-18-21-14-8-9-16-25-21/h2-14,16,24H,15,17-18H2,1H3/t23-/m1/s1. The Kier molecular flexibility index (Phi) is 5.92. The van der Waals surface area contributed by atoms with Gasteiger partial charge < -0.3 is 5.32 Å². The molecule has 0 aliphatic rings. The van der Waals surface area contributed by atoms with Gasteiger partial charge in [-0.2, -0.15) is 0 Å². The number of rotatable bonds is 8. The fourth-order valence-electron chi connectivity index (χ4n) is 3.16. The number of aromatic nitrogens is 1. The third-order valence-electron chi connectivity index (χ3n) is 4.78. The van der Waals surface area contributed by atoms with Gasteiger partial charge in [0.2, 0.25) is 0 Å². The molecular formula is C23H24N2O. The third-order valence-corrected chi connectivity index (χ3v) is 4.78. The van der Waals surface area contributed by atoms with Crippen LogP contribution in [-0.4, -0.2) is 17.3 Å². The summed E-state index contributed by atoms with van der Waals surface area (Å²) in [6.45, 7) is 3.48. The molecule has 2 aromatic carbocycles. The summed E-state index contributed by atoms with van der Waals surface area (Å²) in [5, 5.41) is 3.42. The molecule has 26 heavy (non-hydrogen) atoms. The van der Waals surface area contributed by atoms with Crippen molar-refractivity contribution in [1.82, 2.24) is 10.3 Å². The number of hydrogen-bond acceptors (Lipinski definition) is 3. The van der Waals surface area contributed by atoms with Crippen LogP contribution in [0, 0.1) is 0 Å². The van der Waals surface area contributed by atoms with Crippen LogP contribution in [0.2, 0.25) is 0 Å². The van der Waals surface area contributed by atoms with Crippen molar-refractivity contribution in [2.75, 3.05) is 6.54 Å². The second kappa shape index (κ2) is 8.54. The number of benzene rings is 2. The summed E-state index contributed by atoms with van der Waals surface area (Å²) in [5.41, 5.74) is 2.24. The van der Waals surface area contributed by atoms with E-state index in [1.165, 1.54) is 0 Å². The van der Waals surface area contributed by atoms with Gasteiger partial charge in [-0.05, 0) is 37.6 Å². The van der Waals surface area contributed by atoms with Crippen LogP contribution < -0.4 is 5.32 Å². The average Bonchev–Trinajstić information content (AvgIpc) is 2.72. The summed E-state index contributed by atoms with van der Waals surface area (Å²) < 4.78 is 0. The molecule has 0 amide bonds. The van der Waals surface area contributed by atoms with Crippen LogP contribution in [0.5, 0.6) is 0 Å². The maximum absolute atomic E-state index is 13.3. The van der Waals surface area contributed by atoms with E-state index in [0.717, 1.165) is 29.8 Å². The topological polar surface area (TPSA) is 42.0 Å². The molecule has 3 rings (SSSR count). The molecule has 0 saturated carbocycles. The summed E-state index contributed by atoms with van der Waals surface area (Å²) in [5.74, 6) is 0.156. The molecule has 1 heterocycles. The molecule has 0 unspecified atom stereocenters. The monoisotopic (exact) mass is 344 g/mol. The van der Waals surface area contributed by atoms with Gasteiger partial charge in [-0.3, -0.25) is 9.78 Å². The lowest BCUT2D eigenvalue weighted by atomic mass is 9.73. The maximum atomic E-state index is 13.3. The first-order valence-corrected chi connectivity index (χ1v) is 8.96. The Hall–Kier alpha value is -2.78. The van der Waals surface area contributed by atoms with Gasteiger partial charge in [0.1, 0.15) is 0 Å². The summed E-state index contributed by atoms with van der Waals surface area (Å²) in [7, 11) is 0. The Morgan fingerprint density at radius 2 is 1.58 bits per heavy atom. The lowest BCUT2D eigenvalue weighted by Crippen LogP contribution is -2.36. The van der Waals surface area contributed by atoms with Crippen molar-refractivity contribution in [2.24, 2.45) is 0 Å². The van der Waals surface area contributed by atoms with Gasteiger partial charge in [0, 0.05) is 18.3 Å². The SMILES string of the molecule is C[C@](CCNCc1ccccn1)(C(=O)c1ccccc1)c1ccccc1. The normalized spacial score (nSPS) is 13.1. The lowest BCUT2D eigenvalue weighted by molar-refractivity contribution is 0.0887. The molecule has 1 aromatic heterocycles.